The van der Waals surface area contributed by atoms with Crippen molar-refractivity contribution >= 4 is 28.9 Å². The summed E-state index contributed by atoms with van der Waals surface area (Å²) in [6.45, 7) is 0. The maximum absolute atomic E-state index is 12.1. The molecule has 0 saturated carbocycles. The summed E-state index contributed by atoms with van der Waals surface area (Å²) < 4.78 is 5.13. The van der Waals surface area contributed by atoms with Crippen molar-refractivity contribution in [2.75, 3.05) is 12.1 Å². The van der Waals surface area contributed by atoms with Gasteiger partial charge in [-0.15, -0.1) is 0 Å². The molecule has 0 amide bonds. The van der Waals surface area contributed by atoms with Gasteiger partial charge in [-0.1, -0.05) is 47.2 Å². The van der Waals surface area contributed by atoms with Gasteiger partial charge in [0.05, 0.1) is 17.8 Å². The van der Waals surface area contributed by atoms with Crippen molar-refractivity contribution in [1.82, 2.24) is 0 Å². The van der Waals surface area contributed by atoms with Crippen LogP contribution < -0.4 is 9.75 Å². The normalized spacial score (nSPS) is 10.1. The Morgan fingerprint density at radius 1 is 1.21 bits per heavy atom. The lowest BCUT2D eigenvalue weighted by Crippen LogP contribution is -2.24. The monoisotopic (exact) mass is 344 g/mol. The number of hydrogen-bond acceptors (Lipinski definition) is 5. The average molecular weight is 345 g/mol. The van der Waals surface area contributed by atoms with Gasteiger partial charge in [0.15, 0.2) is 5.78 Å². The molecule has 0 aliphatic rings. The number of rotatable bonds is 7. The van der Waals surface area contributed by atoms with Crippen LogP contribution >= 0.6 is 11.6 Å². The van der Waals surface area contributed by atoms with E-state index < -0.39 is 0 Å². The van der Waals surface area contributed by atoms with Crippen LogP contribution in [0.1, 0.15) is 23.2 Å². The summed E-state index contributed by atoms with van der Waals surface area (Å²) in [6.07, 6.45) is 0.334. The summed E-state index contributed by atoms with van der Waals surface area (Å²) >= 11 is 5.98. The number of methoxy groups -OCH3 is 1. The lowest BCUT2D eigenvalue weighted by atomic mass is 10.1. The molecule has 2 aromatic carbocycles. The number of carbonyl (C=O) groups excluding carboxylic acids is 1. The number of Topliss-reactive ketones (excluding diaryl/α,β-unsaturated/α-hetero) is 1. The summed E-state index contributed by atoms with van der Waals surface area (Å²) in [5.41, 5.74) is 8.39. The minimum atomic E-state index is -0.0565. The zero-order valence-electron chi connectivity index (χ0n) is 13.1. The maximum Gasteiger partial charge on any atom is 0.163 e. The van der Waals surface area contributed by atoms with Gasteiger partial charge in [0.1, 0.15) is 11.6 Å². The van der Waals surface area contributed by atoms with Crippen LogP contribution in [0, 0.1) is 10.9 Å². The second-order valence-corrected chi connectivity index (χ2v) is 5.37. The molecule has 0 fully saturated rings. The van der Waals surface area contributed by atoms with Crippen LogP contribution in [0.25, 0.3) is 0 Å². The van der Waals surface area contributed by atoms with Gasteiger partial charge in [0, 0.05) is 24.5 Å². The fourth-order valence-electron chi connectivity index (χ4n) is 2.16. The molecule has 0 saturated heterocycles. The lowest BCUT2D eigenvalue weighted by molar-refractivity contribution is 0.0984. The zero-order valence-corrected chi connectivity index (χ0v) is 13.9. The molecule has 0 bridgehead atoms. The zero-order chi connectivity index (χ0) is 17.5. The predicted octanol–water partition coefficient (Wildman–Crippen LogP) is 4.74. The number of anilines is 1. The lowest BCUT2D eigenvalue weighted by Gasteiger charge is -2.18. The third-order valence-electron chi connectivity index (χ3n) is 3.42. The van der Waals surface area contributed by atoms with E-state index >= 15 is 0 Å². The van der Waals surface area contributed by atoms with Gasteiger partial charge in [0.25, 0.3) is 0 Å². The summed E-state index contributed by atoms with van der Waals surface area (Å²) in [6, 6.07) is 13.7. The molecule has 0 aliphatic carbocycles. The van der Waals surface area contributed by atoms with E-state index in [1.807, 2.05) is 6.07 Å². The van der Waals surface area contributed by atoms with E-state index in [4.69, 9.17) is 27.3 Å². The number of ether oxygens (including phenoxy) is 1. The Hall–Kier alpha value is -2.73. The van der Waals surface area contributed by atoms with E-state index in [2.05, 4.69) is 5.22 Å². The molecule has 7 heteroatoms. The van der Waals surface area contributed by atoms with E-state index in [1.165, 1.54) is 7.11 Å². The number of nitrogens with zero attached hydrogens (tertiary/aromatic N) is 2. The Morgan fingerprint density at radius 3 is 2.54 bits per heavy atom. The minimum Gasteiger partial charge on any atom is -0.495 e. The highest BCUT2D eigenvalue weighted by molar-refractivity contribution is 6.32. The third kappa shape index (κ3) is 4.17. The molecule has 0 atom stereocenters. The van der Waals surface area contributed by atoms with Gasteiger partial charge >= 0.3 is 0 Å². The molecule has 2 aromatic rings. The van der Waals surface area contributed by atoms with Gasteiger partial charge in [-0.2, -0.15) is 5.53 Å². The molecule has 6 nitrogen and oxygen atoms in total. The van der Waals surface area contributed by atoms with Crippen molar-refractivity contribution in [1.29, 1.82) is 10.9 Å². The summed E-state index contributed by atoms with van der Waals surface area (Å²) in [5, 5.41) is 13.0. The highest BCUT2D eigenvalue weighted by Crippen LogP contribution is 2.30. The number of halogens is 1. The first-order valence-corrected chi connectivity index (χ1v) is 7.61. The van der Waals surface area contributed by atoms with Gasteiger partial charge in [0.2, 0.25) is 0 Å². The van der Waals surface area contributed by atoms with Crippen LogP contribution in [0.3, 0.4) is 0 Å². The summed E-state index contributed by atoms with van der Waals surface area (Å²) in [7, 11) is 1.48. The molecule has 0 unspecified atom stereocenters. The van der Waals surface area contributed by atoms with Crippen LogP contribution in [-0.4, -0.2) is 18.7 Å². The number of nitrogens with one attached hydrogen (secondary N) is 2. The molecule has 0 spiro atoms. The van der Waals surface area contributed by atoms with Gasteiger partial charge in [-0.3, -0.25) is 10.2 Å². The molecule has 2 rings (SSSR count). The Balaban J connectivity index is 2.06. The van der Waals surface area contributed by atoms with Gasteiger partial charge in [-0.05, 0) is 12.1 Å². The van der Waals surface area contributed by atoms with E-state index in [9.17, 15) is 4.79 Å². The van der Waals surface area contributed by atoms with E-state index in [0.717, 1.165) is 5.01 Å². The van der Waals surface area contributed by atoms with Crippen molar-refractivity contribution in [2.24, 2.45) is 5.22 Å². The quantitative estimate of drug-likeness (QED) is 0.250. The van der Waals surface area contributed by atoms with Crippen LogP contribution in [0.2, 0.25) is 5.02 Å². The smallest absolute Gasteiger partial charge is 0.163 e. The Labute approximate surface area is 145 Å². The van der Waals surface area contributed by atoms with Crippen molar-refractivity contribution in [3.8, 4) is 5.75 Å². The Bertz CT molecular complexity index is 750. The minimum absolute atomic E-state index is 0.0404. The van der Waals surface area contributed by atoms with Crippen LogP contribution in [0.5, 0.6) is 5.75 Å². The first-order chi connectivity index (χ1) is 11.6. The van der Waals surface area contributed by atoms with E-state index in [0.29, 0.717) is 22.0 Å². The standard InChI is InChI=1S/C17H17ClN4O2/c1-24-16-11-13(7-8-14(16)18)22(21-20)17(19)10-9-15(23)12-5-3-2-4-6-12/h2-8,11,19-20H,9-10H2,1H3. The highest BCUT2D eigenvalue weighted by atomic mass is 35.5. The summed E-state index contributed by atoms with van der Waals surface area (Å²) in [4.78, 5) is 12.1. The molecule has 0 aliphatic heterocycles. The van der Waals surface area contributed by atoms with Gasteiger partial charge < -0.3 is 4.74 Å². The van der Waals surface area contributed by atoms with Crippen molar-refractivity contribution in [3.05, 3.63) is 59.1 Å². The second kappa shape index (κ2) is 8.21. The SMILES string of the molecule is COc1cc(N(N=N)C(=N)CCC(=O)c2ccccc2)ccc1Cl. The first kappa shape index (κ1) is 17.6. The molecular formula is C17H17ClN4O2. The Kier molecular flexibility index (Phi) is 6.03. The number of hydrogen-bond donors (Lipinski definition) is 2. The number of carbonyl (C=O) groups is 1. The largest absolute Gasteiger partial charge is 0.495 e. The molecule has 0 heterocycles. The molecule has 0 radical (unpaired) electrons. The third-order valence-corrected chi connectivity index (χ3v) is 3.73. The molecule has 2 N–H and O–H groups in total. The van der Waals surface area contributed by atoms with Crippen molar-refractivity contribution in [3.63, 3.8) is 0 Å². The fourth-order valence-corrected chi connectivity index (χ4v) is 2.36. The molecule has 124 valence electrons. The van der Waals surface area contributed by atoms with Crippen LogP contribution in [0.15, 0.2) is 53.8 Å². The predicted molar refractivity (Wildman–Crippen MR) is 93.4 cm³/mol. The van der Waals surface area contributed by atoms with Gasteiger partial charge in [-0.25, -0.2) is 5.01 Å². The molecule has 0 aromatic heterocycles. The first-order valence-electron chi connectivity index (χ1n) is 7.23. The van der Waals surface area contributed by atoms with Crippen molar-refractivity contribution < 1.29 is 9.53 Å². The van der Waals surface area contributed by atoms with E-state index in [-0.39, 0.29) is 24.5 Å². The number of ketones is 1. The number of benzene rings is 2. The summed E-state index contributed by atoms with van der Waals surface area (Å²) in [5.74, 6) is 0.411. The Morgan fingerprint density at radius 2 is 1.92 bits per heavy atom. The van der Waals surface area contributed by atoms with Crippen LogP contribution in [0.4, 0.5) is 5.69 Å². The second-order valence-electron chi connectivity index (χ2n) is 4.97. The highest BCUT2D eigenvalue weighted by Gasteiger charge is 2.15. The van der Waals surface area contributed by atoms with E-state index in [1.54, 1.807) is 42.5 Å². The topological polar surface area (TPSA) is 89.6 Å². The average Bonchev–Trinajstić information content (AvgIpc) is 2.62. The molecular weight excluding hydrogens is 328 g/mol. The fraction of sp³-hybridized carbons (Fsp3) is 0.176. The maximum atomic E-state index is 12.1. The molecule has 24 heavy (non-hydrogen) atoms. The van der Waals surface area contributed by atoms with Crippen LogP contribution in [-0.2, 0) is 0 Å². The number of amidine groups is 1. The van der Waals surface area contributed by atoms with Crippen molar-refractivity contribution in [2.45, 2.75) is 12.8 Å².